The highest BCUT2D eigenvalue weighted by Gasteiger charge is 2.52. The number of hydrogen-bond acceptors (Lipinski definition) is 4. The third-order valence-corrected chi connectivity index (χ3v) is 5.77. The van der Waals surface area contributed by atoms with Gasteiger partial charge in [-0.25, -0.2) is 0 Å². The van der Waals surface area contributed by atoms with E-state index >= 15 is 0 Å². The Morgan fingerprint density at radius 2 is 1.83 bits per heavy atom. The lowest BCUT2D eigenvalue weighted by atomic mass is 9.72. The molecule has 1 aliphatic carbocycles. The van der Waals surface area contributed by atoms with E-state index in [4.69, 9.17) is 0 Å². The quantitative estimate of drug-likeness (QED) is 0.865. The van der Waals surface area contributed by atoms with Crippen molar-refractivity contribution < 1.29 is 5.11 Å². The Morgan fingerprint density at radius 3 is 2.52 bits per heavy atom. The molecule has 1 spiro atoms. The van der Waals surface area contributed by atoms with Crippen LogP contribution in [0.3, 0.4) is 0 Å². The number of rotatable bonds is 5. The Kier molecular flexibility index (Phi) is 5.07. The van der Waals surface area contributed by atoms with Crippen LogP contribution in [0.25, 0.3) is 0 Å². The predicted octanol–water partition coefficient (Wildman–Crippen LogP) is 1.61. The average molecular weight is 317 g/mol. The summed E-state index contributed by atoms with van der Waals surface area (Å²) in [6, 6.07) is 8.85. The van der Waals surface area contributed by atoms with Gasteiger partial charge in [-0.2, -0.15) is 0 Å². The Hall–Kier alpha value is -0.940. The van der Waals surface area contributed by atoms with Crippen molar-refractivity contribution in [2.24, 2.45) is 0 Å². The highest BCUT2D eigenvalue weighted by molar-refractivity contribution is 5.45. The van der Waals surface area contributed by atoms with Crippen LogP contribution >= 0.6 is 0 Å². The fourth-order valence-electron chi connectivity index (χ4n) is 4.53. The summed E-state index contributed by atoms with van der Waals surface area (Å²) < 4.78 is 0. The van der Waals surface area contributed by atoms with Crippen molar-refractivity contribution in [1.82, 2.24) is 15.1 Å². The van der Waals surface area contributed by atoms with E-state index in [1.165, 1.54) is 11.1 Å². The van der Waals surface area contributed by atoms with E-state index < -0.39 is 0 Å². The first-order chi connectivity index (χ1) is 11.1. The molecule has 0 saturated carbocycles. The van der Waals surface area contributed by atoms with Gasteiger partial charge >= 0.3 is 0 Å². The number of benzene rings is 1. The zero-order chi connectivity index (χ0) is 16.4. The summed E-state index contributed by atoms with van der Waals surface area (Å²) >= 11 is 0. The van der Waals surface area contributed by atoms with Gasteiger partial charge in [-0.3, -0.25) is 4.90 Å². The van der Waals surface area contributed by atoms with Crippen molar-refractivity contribution in [1.29, 1.82) is 0 Å². The number of piperidine rings is 1. The molecule has 128 valence electrons. The summed E-state index contributed by atoms with van der Waals surface area (Å²) in [5, 5.41) is 14.7. The Morgan fingerprint density at radius 1 is 1.13 bits per heavy atom. The minimum Gasteiger partial charge on any atom is -0.390 e. The van der Waals surface area contributed by atoms with E-state index in [2.05, 4.69) is 60.5 Å². The van der Waals surface area contributed by atoms with Crippen LogP contribution < -0.4 is 5.32 Å². The number of likely N-dealkylation sites (N-methyl/N-ethyl adjacent to an activating group) is 1. The van der Waals surface area contributed by atoms with Gasteiger partial charge in [0.15, 0.2) is 0 Å². The van der Waals surface area contributed by atoms with E-state index in [0.29, 0.717) is 0 Å². The van der Waals surface area contributed by atoms with Gasteiger partial charge in [0.25, 0.3) is 0 Å². The Balaban J connectivity index is 1.84. The van der Waals surface area contributed by atoms with Crippen LogP contribution in [-0.2, 0) is 5.41 Å². The van der Waals surface area contributed by atoms with Gasteiger partial charge in [-0.1, -0.05) is 24.3 Å². The summed E-state index contributed by atoms with van der Waals surface area (Å²) in [6.07, 6.45) is 2.90. The van der Waals surface area contributed by atoms with Crippen molar-refractivity contribution in [2.45, 2.75) is 36.8 Å². The van der Waals surface area contributed by atoms with Gasteiger partial charge in [0.1, 0.15) is 0 Å². The summed E-state index contributed by atoms with van der Waals surface area (Å²) in [5.74, 6) is 0. The fraction of sp³-hybridized carbons (Fsp3) is 0.684. The third-order valence-electron chi connectivity index (χ3n) is 5.77. The molecule has 23 heavy (non-hydrogen) atoms. The second kappa shape index (κ2) is 6.89. The fourth-order valence-corrected chi connectivity index (χ4v) is 4.53. The van der Waals surface area contributed by atoms with Gasteiger partial charge in [0.05, 0.1) is 12.1 Å². The second-order valence-corrected chi connectivity index (χ2v) is 7.52. The molecular weight excluding hydrogens is 286 g/mol. The lowest BCUT2D eigenvalue weighted by Gasteiger charge is -2.40. The zero-order valence-electron chi connectivity index (χ0n) is 14.8. The lowest BCUT2D eigenvalue weighted by Crippen LogP contribution is -2.48. The van der Waals surface area contributed by atoms with Crippen LogP contribution in [0.5, 0.6) is 0 Å². The Bertz CT molecular complexity index is 525. The van der Waals surface area contributed by atoms with E-state index in [1.54, 1.807) is 0 Å². The molecule has 2 aliphatic rings. The topological polar surface area (TPSA) is 38.7 Å². The maximum atomic E-state index is 11.3. The molecule has 0 unspecified atom stereocenters. The summed E-state index contributed by atoms with van der Waals surface area (Å²) in [5.41, 5.74) is 2.68. The molecule has 3 rings (SSSR count). The molecule has 0 aromatic heterocycles. The maximum absolute atomic E-state index is 11.3. The molecule has 1 aromatic rings. The first-order valence-electron chi connectivity index (χ1n) is 8.89. The highest BCUT2D eigenvalue weighted by Crippen LogP contribution is 2.51. The molecule has 0 radical (unpaired) electrons. The predicted molar refractivity (Wildman–Crippen MR) is 94.8 cm³/mol. The molecule has 4 heteroatoms. The number of hydrogen-bond donors (Lipinski definition) is 2. The molecule has 2 N–H and O–H groups in total. The number of nitrogens with one attached hydrogen (secondary N) is 1. The van der Waals surface area contributed by atoms with Crippen LogP contribution in [0, 0.1) is 0 Å². The number of aliphatic hydroxyl groups excluding tert-OH is 1. The van der Waals surface area contributed by atoms with Crippen molar-refractivity contribution in [3.05, 3.63) is 35.4 Å². The minimum absolute atomic E-state index is 0.0533. The van der Waals surface area contributed by atoms with E-state index in [9.17, 15) is 5.11 Å². The third kappa shape index (κ3) is 3.05. The molecular formula is C19H31N3O. The van der Waals surface area contributed by atoms with Crippen LogP contribution in [0.15, 0.2) is 24.3 Å². The summed E-state index contributed by atoms with van der Waals surface area (Å²) in [4.78, 5) is 4.59. The van der Waals surface area contributed by atoms with Crippen molar-refractivity contribution >= 4 is 0 Å². The Labute approximate surface area is 140 Å². The minimum atomic E-state index is -0.300. The number of aliphatic hydroxyl groups is 1. The normalized spacial score (nSPS) is 26.2. The van der Waals surface area contributed by atoms with Crippen molar-refractivity contribution in [2.75, 3.05) is 47.3 Å². The SMILES string of the molecule is CN(C)CCCN(C)[C@@H]1c2ccccc2C2(CCNCC2)[C@H]1O. The van der Waals surface area contributed by atoms with Crippen LogP contribution in [0.1, 0.15) is 36.4 Å². The molecule has 4 nitrogen and oxygen atoms in total. The van der Waals surface area contributed by atoms with E-state index in [0.717, 1.165) is 45.4 Å². The molecule has 1 aromatic carbocycles. The average Bonchev–Trinajstić information content (AvgIpc) is 2.77. The summed E-state index contributed by atoms with van der Waals surface area (Å²) in [6.45, 7) is 4.11. The molecule has 1 heterocycles. The van der Waals surface area contributed by atoms with E-state index in [-0.39, 0.29) is 17.6 Å². The van der Waals surface area contributed by atoms with Gasteiger partial charge < -0.3 is 15.3 Å². The van der Waals surface area contributed by atoms with Crippen LogP contribution in [0.4, 0.5) is 0 Å². The van der Waals surface area contributed by atoms with Crippen LogP contribution in [-0.4, -0.2) is 68.3 Å². The highest BCUT2D eigenvalue weighted by atomic mass is 16.3. The maximum Gasteiger partial charge on any atom is 0.0834 e. The zero-order valence-corrected chi connectivity index (χ0v) is 14.8. The van der Waals surface area contributed by atoms with Gasteiger partial charge in [-0.05, 0) is 77.7 Å². The lowest BCUT2D eigenvalue weighted by molar-refractivity contribution is 0.00596. The summed E-state index contributed by atoms with van der Waals surface area (Å²) in [7, 11) is 6.40. The van der Waals surface area contributed by atoms with Crippen molar-refractivity contribution in [3.63, 3.8) is 0 Å². The molecule has 1 aliphatic heterocycles. The van der Waals surface area contributed by atoms with E-state index in [1.807, 2.05) is 0 Å². The standard InChI is InChI=1S/C19H31N3O/c1-21(2)13-6-14-22(3)17-15-7-4-5-8-16(15)19(18(17)23)9-11-20-12-10-19/h4-5,7-8,17-18,20,23H,6,9-14H2,1-3H3/t17-,18+/m1/s1. The van der Waals surface area contributed by atoms with Gasteiger partial charge in [-0.15, -0.1) is 0 Å². The molecule has 1 saturated heterocycles. The molecule has 1 fully saturated rings. The van der Waals surface area contributed by atoms with Crippen LogP contribution in [0.2, 0.25) is 0 Å². The first kappa shape index (κ1) is 16.9. The number of nitrogens with zero attached hydrogens (tertiary/aromatic N) is 2. The number of fused-ring (bicyclic) bond motifs is 2. The van der Waals surface area contributed by atoms with Gasteiger partial charge in [0.2, 0.25) is 0 Å². The second-order valence-electron chi connectivity index (χ2n) is 7.52. The molecule has 2 atom stereocenters. The van der Waals surface area contributed by atoms with Gasteiger partial charge in [0, 0.05) is 5.41 Å². The largest absolute Gasteiger partial charge is 0.390 e. The molecule has 0 bridgehead atoms. The first-order valence-corrected chi connectivity index (χ1v) is 8.89. The smallest absolute Gasteiger partial charge is 0.0834 e. The monoisotopic (exact) mass is 317 g/mol. The van der Waals surface area contributed by atoms with Crippen molar-refractivity contribution in [3.8, 4) is 0 Å². The molecule has 0 amide bonds.